The van der Waals surface area contributed by atoms with Crippen LogP contribution in [0.15, 0.2) is 66.2 Å². The molecule has 0 radical (unpaired) electrons. The minimum Gasteiger partial charge on any atom is -0.497 e. The Morgan fingerprint density at radius 3 is 2.50 bits per heavy atom. The molecule has 2 amide bonds. The number of hydrogen-bond donors (Lipinski definition) is 1. The van der Waals surface area contributed by atoms with Gasteiger partial charge in [0.2, 0.25) is 0 Å². The van der Waals surface area contributed by atoms with Gasteiger partial charge in [0.25, 0.3) is 5.91 Å². The Hall–Kier alpha value is -3.16. The number of nitrogens with zero attached hydrogens (tertiary/aromatic N) is 1. The van der Waals surface area contributed by atoms with E-state index in [0.717, 1.165) is 21.6 Å². The van der Waals surface area contributed by atoms with Crippen LogP contribution in [0.1, 0.15) is 37.8 Å². The van der Waals surface area contributed by atoms with Crippen LogP contribution in [0.2, 0.25) is 0 Å². The molecule has 0 aliphatic carbocycles. The maximum absolute atomic E-state index is 13.5. The molecular weight excluding hydrogens is 434 g/mol. The van der Waals surface area contributed by atoms with Crippen LogP contribution in [0.25, 0.3) is 0 Å². The molecule has 1 N–H and O–H groups in total. The highest BCUT2D eigenvalue weighted by molar-refractivity contribution is 5.96. The second-order valence-electron chi connectivity index (χ2n) is 8.63. The fourth-order valence-corrected chi connectivity index (χ4v) is 3.85. The van der Waals surface area contributed by atoms with Gasteiger partial charge in [0, 0.05) is 0 Å². The molecule has 182 valence electrons. The molecule has 1 aliphatic heterocycles. The van der Waals surface area contributed by atoms with E-state index < -0.39 is 30.3 Å². The molecule has 34 heavy (non-hydrogen) atoms. The summed E-state index contributed by atoms with van der Waals surface area (Å²) in [5.41, 5.74) is 2.93. The van der Waals surface area contributed by atoms with Crippen LogP contribution in [0.3, 0.4) is 0 Å². The van der Waals surface area contributed by atoms with Gasteiger partial charge in [-0.25, -0.2) is 9.69 Å². The fourth-order valence-electron chi connectivity index (χ4n) is 3.85. The van der Waals surface area contributed by atoms with Gasteiger partial charge in [0.05, 0.1) is 25.9 Å². The van der Waals surface area contributed by atoms with Crippen molar-refractivity contribution in [3.63, 3.8) is 0 Å². The molecule has 1 heterocycles. The summed E-state index contributed by atoms with van der Waals surface area (Å²) in [6.45, 7) is 4.16. The van der Waals surface area contributed by atoms with Crippen molar-refractivity contribution in [1.82, 2.24) is 4.90 Å². The van der Waals surface area contributed by atoms with Crippen molar-refractivity contribution in [3.8, 4) is 5.75 Å². The topological polar surface area (TPSA) is 85.3 Å². The van der Waals surface area contributed by atoms with E-state index >= 15 is 0 Å². The maximum atomic E-state index is 13.5. The van der Waals surface area contributed by atoms with E-state index in [0.29, 0.717) is 25.0 Å². The number of aliphatic hydroxyl groups is 1. The lowest BCUT2D eigenvalue weighted by Gasteiger charge is -2.28. The molecule has 7 nitrogen and oxygen atoms in total. The Kier molecular flexibility index (Phi) is 9.24. The van der Waals surface area contributed by atoms with Crippen LogP contribution < -0.4 is 4.74 Å². The van der Waals surface area contributed by atoms with Gasteiger partial charge in [-0.15, -0.1) is 0 Å². The number of benzene rings is 2. The van der Waals surface area contributed by atoms with Crippen LogP contribution in [-0.2, 0) is 27.3 Å². The Morgan fingerprint density at radius 2 is 1.85 bits per heavy atom. The van der Waals surface area contributed by atoms with Gasteiger partial charge >= 0.3 is 6.09 Å². The van der Waals surface area contributed by atoms with Crippen LogP contribution in [0.4, 0.5) is 4.79 Å². The van der Waals surface area contributed by atoms with Crippen molar-refractivity contribution in [2.75, 3.05) is 13.7 Å². The first-order chi connectivity index (χ1) is 16.4. The van der Waals surface area contributed by atoms with E-state index in [1.165, 1.54) is 0 Å². The quantitative estimate of drug-likeness (QED) is 0.497. The summed E-state index contributed by atoms with van der Waals surface area (Å²) >= 11 is 0. The zero-order chi connectivity index (χ0) is 24.5. The van der Waals surface area contributed by atoms with Crippen LogP contribution in [0, 0.1) is 0 Å². The number of rotatable bonds is 11. The molecule has 3 rings (SSSR count). The average Bonchev–Trinajstić information content (AvgIpc) is 3.19. The summed E-state index contributed by atoms with van der Waals surface area (Å²) in [5, 5.41) is 10.9. The maximum Gasteiger partial charge on any atom is 0.417 e. The lowest BCUT2D eigenvalue weighted by Crippen LogP contribution is -2.50. The Labute approximate surface area is 200 Å². The molecular formula is C27H33NO6. The third-order valence-corrected chi connectivity index (χ3v) is 5.71. The van der Waals surface area contributed by atoms with Gasteiger partial charge in [-0.05, 0) is 56.4 Å². The van der Waals surface area contributed by atoms with E-state index in [1.807, 2.05) is 62.4 Å². The lowest BCUT2D eigenvalue weighted by atomic mass is 10.0. The summed E-state index contributed by atoms with van der Waals surface area (Å²) in [7, 11) is 1.59. The van der Waals surface area contributed by atoms with Gasteiger partial charge in [-0.2, -0.15) is 0 Å². The minimum atomic E-state index is -1.20. The zero-order valence-electron chi connectivity index (χ0n) is 20.0. The van der Waals surface area contributed by atoms with E-state index in [1.54, 1.807) is 19.2 Å². The largest absolute Gasteiger partial charge is 0.497 e. The van der Waals surface area contributed by atoms with E-state index in [2.05, 4.69) is 0 Å². The average molecular weight is 468 g/mol. The summed E-state index contributed by atoms with van der Waals surface area (Å²) in [6, 6.07) is 16.4. The normalized spacial score (nSPS) is 17.1. The van der Waals surface area contributed by atoms with E-state index in [-0.39, 0.29) is 13.2 Å². The van der Waals surface area contributed by atoms with Crippen molar-refractivity contribution < 1.29 is 28.9 Å². The molecule has 1 saturated heterocycles. The second kappa shape index (κ2) is 12.3. The van der Waals surface area contributed by atoms with Crippen LogP contribution in [-0.4, -0.2) is 54.0 Å². The first-order valence-electron chi connectivity index (χ1n) is 11.5. The monoisotopic (exact) mass is 467 g/mol. The number of cyclic esters (lactones) is 1. The SMILES string of the molecule is COc1ccc(CO[C@H](C(=O)N2C(=O)OC[C@@H]2Cc2ccccc2)[C@H](O)CCC=C(C)C)cc1. The third kappa shape index (κ3) is 6.92. The summed E-state index contributed by atoms with van der Waals surface area (Å²) in [4.78, 5) is 27.1. The summed E-state index contributed by atoms with van der Waals surface area (Å²) in [5.74, 6) is 0.128. The van der Waals surface area contributed by atoms with Gasteiger partial charge in [-0.3, -0.25) is 4.79 Å². The fraction of sp³-hybridized carbons (Fsp3) is 0.407. The van der Waals surface area contributed by atoms with Crippen LogP contribution >= 0.6 is 0 Å². The van der Waals surface area contributed by atoms with Crippen molar-refractivity contribution >= 4 is 12.0 Å². The summed E-state index contributed by atoms with van der Waals surface area (Å²) in [6.07, 6.45) is 0.408. The highest BCUT2D eigenvalue weighted by Crippen LogP contribution is 2.22. The highest BCUT2D eigenvalue weighted by Gasteiger charge is 2.43. The molecule has 0 spiro atoms. The van der Waals surface area contributed by atoms with Crippen molar-refractivity contribution in [1.29, 1.82) is 0 Å². The number of hydrogen-bond acceptors (Lipinski definition) is 6. The number of aliphatic hydroxyl groups excluding tert-OH is 1. The predicted molar refractivity (Wildman–Crippen MR) is 128 cm³/mol. The number of ether oxygens (including phenoxy) is 3. The molecule has 0 aromatic heterocycles. The molecule has 2 aromatic rings. The molecule has 3 atom stereocenters. The minimum absolute atomic E-state index is 0.104. The van der Waals surface area contributed by atoms with Gasteiger partial charge < -0.3 is 19.3 Å². The molecule has 0 unspecified atom stereocenters. The molecule has 1 fully saturated rings. The van der Waals surface area contributed by atoms with Crippen LogP contribution in [0.5, 0.6) is 5.75 Å². The number of carbonyl (C=O) groups is 2. The van der Waals surface area contributed by atoms with Gasteiger partial charge in [-0.1, -0.05) is 54.1 Å². The number of methoxy groups -OCH3 is 1. The van der Waals surface area contributed by atoms with Gasteiger partial charge in [0.15, 0.2) is 6.10 Å². The van der Waals surface area contributed by atoms with Gasteiger partial charge in [0.1, 0.15) is 12.4 Å². The number of allylic oxidation sites excluding steroid dienone is 2. The second-order valence-corrected chi connectivity index (χ2v) is 8.63. The number of carbonyl (C=O) groups excluding carboxylic acids is 2. The molecule has 0 saturated carbocycles. The highest BCUT2D eigenvalue weighted by atomic mass is 16.6. The smallest absolute Gasteiger partial charge is 0.417 e. The molecule has 0 bridgehead atoms. The van der Waals surface area contributed by atoms with Crippen molar-refractivity contribution in [2.24, 2.45) is 0 Å². The Balaban J connectivity index is 1.76. The Bertz CT molecular complexity index is 968. The lowest BCUT2D eigenvalue weighted by molar-refractivity contribution is -0.151. The molecule has 7 heteroatoms. The first-order valence-corrected chi connectivity index (χ1v) is 11.5. The molecule has 1 aliphatic rings. The van der Waals surface area contributed by atoms with Crippen molar-refractivity contribution in [2.45, 2.75) is 58.0 Å². The first kappa shape index (κ1) is 25.5. The number of amides is 2. The number of imide groups is 1. The summed E-state index contributed by atoms with van der Waals surface area (Å²) < 4.78 is 16.3. The zero-order valence-corrected chi connectivity index (χ0v) is 20.0. The van der Waals surface area contributed by atoms with Crippen molar-refractivity contribution in [3.05, 3.63) is 77.4 Å². The van der Waals surface area contributed by atoms with E-state index in [4.69, 9.17) is 14.2 Å². The van der Waals surface area contributed by atoms with E-state index in [9.17, 15) is 14.7 Å². The predicted octanol–water partition coefficient (Wildman–Crippen LogP) is 4.28. The third-order valence-electron chi connectivity index (χ3n) is 5.71. The standard InChI is InChI=1S/C27H33NO6/c1-19(2)8-7-11-24(29)25(33-17-21-12-14-23(32-3)15-13-21)26(30)28-22(18-34-27(28)31)16-20-9-5-4-6-10-20/h4-6,8-10,12-15,22,24-25,29H,7,11,16-18H2,1-3H3/t22-,24+,25-/m0/s1. The molecule has 2 aromatic carbocycles. The Morgan fingerprint density at radius 1 is 1.15 bits per heavy atom.